The van der Waals surface area contributed by atoms with E-state index in [4.69, 9.17) is 5.11 Å². The highest BCUT2D eigenvalue weighted by Crippen LogP contribution is 2.24. The van der Waals surface area contributed by atoms with Crippen LogP contribution in [-0.4, -0.2) is 16.1 Å². The molecule has 0 radical (unpaired) electrons. The molecular weight excluding hydrogens is 199 g/mol. The van der Waals surface area contributed by atoms with Crippen molar-refractivity contribution in [1.82, 2.24) is 4.98 Å². The molecule has 0 amide bonds. The van der Waals surface area contributed by atoms with Crippen LogP contribution in [0.2, 0.25) is 0 Å². The summed E-state index contributed by atoms with van der Waals surface area (Å²) >= 11 is 0. The Morgan fingerprint density at radius 1 is 1.57 bits per heavy atom. The van der Waals surface area contributed by atoms with E-state index in [1.54, 1.807) is 0 Å². The van der Waals surface area contributed by atoms with Crippen LogP contribution in [0, 0.1) is 12.9 Å². The van der Waals surface area contributed by atoms with E-state index in [2.05, 4.69) is 4.98 Å². The molecule has 0 aliphatic heterocycles. The predicted molar refractivity (Wildman–Crippen MR) is 40.8 cm³/mol. The van der Waals surface area contributed by atoms with Crippen LogP contribution in [0.5, 0.6) is 0 Å². The second kappa shape index (κ2) is 3.65. The second-order valence-electron chi connectivity index (χ2n) is 2.62. The van der Waals surface area contributed by atoms with Crippen LogP contribution in [0.25, 0.3) is 0 Å². The summed E-state index contributed by atoms with van der Waals surface area (Å²) in [5.74, 6) is -3.13. The van der Waals surface area contributed by atoms with Crippen molar-refractivity contribution in [2.24, 2.45) is 0 Å². The molecule has 6 heteroatoms. The Hall–Kier alpha value is -1.59. The average molecular weight is 205 g/mol. The lowest BCUT2D eigenvalue weighted by molar-refractivity contribution is 0.0677. The van der Waals surface area contributed by atoms with Crippen LogP contribution in [0.3, 0.4) is 0 Å². The average Bonchev–Trinajstić information content (AvgIpc) is 2.01. The van der Waals surface area contributed by atoms with Crippen molar-refractivity contribution in [1.29, 1.82) is 0 Å². The zero-order valence-electron chi connectivity index (χ0n) is 7.09. The molecule has 14 heavy (non-hydrogen) atoms. The van der Waals surface area contributed by atoms with E-state index in [-0.39, 0.29) is 5.69 Å². The van der Waals surface area contributed by atoms with Gasteiger partial charge in [-0.15, -0.1) is 0 Å². The Morgan fingerprint density at radius 3 is 2.57 bits per heavy atom. The standard InChI is InChI=1S/C8H6F3NO2/c1-3-2-4(6(9)10)5(8(13)14)7(11)12-3/h2,6H,1H3,(H,13,14). The van der Waals surface area contributed by atoms with Crippen LogP contribution < -0.4 is 0 Å². The molecule has 1 rings (SSSR count). The maximum absolute atomic E-state index is 12.9. The molecule has 0 saturated carbocycles. The summed E-state index contributed by atoms with van der Waals surface area (Å²) in [4.78, 5) is 13.6. The van der Waals surface area contributed by atoms with Crippen LogP contribution in [0.4, 0.5) is 13.2 Å². The van der Waals surface area contributed by atoms with Crippen molar-refractivity contribution >= 4 is 5.97 Å². The van der Waals surface area contributed by atoms with Gasteiger partial charge in [-0.3, -0.25) is 0 Å². The summed E-state index contributed by atoms with van der Waals surface area (Å²) < 4.78 is 37.5. The number of aromatic nitrogens is 1. The first-order chi connectivity index (χ1) is 6.43. The summed E-state index contributed by atoms with van der Waals surface area (Å²) in [5, 5.41) is 8.47. The van der Waals surface area contributed by atoms with Crippen molar-refractivity contribution in [3.05, 3.63) is 28.8 Å². The van der Waals surface area contributed by atoms with Crippen molar-refractivity contribution in [3.8, 4) is 0 Å². The molecule has 3 nitrogen and oxygen atoms in total. The molecule has 0 atom stereocenters. The fraction of sp³-hybridized carbons (Fsp3) is 0.250. The van der Waals surface area contributed by atoms with Crippen molar-refractivity contribution in [2.75, 3.05) is 0 Å². The van der Waals surface area contributed by atoms with E-state index in [0.717, 1.165) is 6.07 Å². The third kappa shape index (κ3) is 1.84. The van der Waals surface area contributed by atoms with Crippen molar-refractivity contribution < 1.29 is 23.1 Å². The highest BCUT2D eigenvalue weighted by molar-refractivity contribution is 5.89. The van der Waals surface area contributed by atoms with Gasteiger partial charge >= 0.3 is 5.97 Å². The Labute approximate surface area is 77.2 Å². The number of carbonyl (C=O) groups is 1. The van der Waals surface area contributed by atoms with Gasteiger partial charge in [0, 0.05) is 11.3 Å². The third-order valence-corrected chi connectivity index (χ3v) is 1.58. The molecule has 0 aliphatic rings. The number of nitrogens with zero attached hydrogens (tertiary/aromatic N) is 1. The van der Waals surface area contributed by atoms with Gasteiger partial charge in [0.1, 0.15) is 5.56 Å². The van der Waals surface area contributed by atoms with Gasteiger partial charge in [0.15, 0.2) is 0 Å². The number of hydrogen-bond donors (Lipinski definition) is 1. The first-order valence-electron chi connectivity index (χ1n) is 3.62. The number of pyridine rings is 1. The summed E-state index contributed by atoms with van der Waals surface area (Å²) in [7, 11) is 0. The van der Waals surface area contributed by atoms with Crippen molar-refractivity contribution in [3.63, 3.8) is 0 Å². The largest absolute Gasteiger partial charge is 0.478 e. The molecule has 0 aromatic carbocycles. The molecule has 0 aliphatic carbocycles. The molecule has 1 N–H and O–H groups in total. The Bertz CT molecular complexity index is 379. The summed E-state index contributed by atoms with van der Waals surface area (Å²) in [6.45, 7) is 1.31. The van der Waals surface area contributed by atoms with E-state index in [9.17, 15) is 18.0 Å². The minimum Gasteiger partial charge on any atom is -0.478 e. The van der Waals surface area contributed by atoms with Crippen LogP contribution >= 0.6 is 0 Å². The van der Waals surface area contributed by atoms with Gasteiger partial charge in [-0.1, -0.05) is 0 Å². The maximum atomic E-state index is 12.9. The topological polar surface area (TPSA) is 50.2 Å². The van der Waals surface area contributed by atoms with Gasteiger partial charge in [0.25, 0.3) is 6.43 Å². The molecule has 1 aromatic rings. The van der Waals surface area contributed by atoms with Gasteiger partial charge in [-0.25, -0.2) is 18.6 Å². The molecule has 76 valence electrons. The van der Waals surface area contributed by atoms with E-state index in [1.807, 2.05) is 0 Å². The van der Waals surface area contributed by atoms with Crippen LogP contribution in [0.1, 0.15) is 28.0 Å². The van der Waals surface area contributed by atoms with E-state index in [0.29, 0.717) is 0 Å². The molecule has 0 saturated heterocycles. The van der Waals surface area contributed by atoms with Gasteiger partial charge in [0.2, 0.25) is 5.95 Å². The SMILES string of the molecule is Cc1cc(C(F)F)c(C(=O)O)c(F)n1. The fourth-order valence-corrected chi connectivity index (χ4v) is 1.04. The van der Waals surface area contributed by atoms with E-state index < -0.39 is 29.5 Å². The van der Waals surface area contributed by atoms with E-state index >= 15 is 0 Å². The lowest BCUT2D eigenvalue weighted by atomic mass is 10.1. The number of aromatic carboxylic acids is 1. The van der Waals surface area contributed by atoms with Gasteiger partial charge in [-0.2, -0.15) is 4.39 Å². The zero-order chi connectivity index (χ0) is 10.9. The first kappa shape index (κ1) is 10.5. The second-order valence-corrected chi connectivity index (χ2v) is 2.62. The first-order valence-corrected chi connectivity index (χ1v) is 3.62. The fourth-order valence-electron chi connectivity index (χ4n) is 1.04. The highest BCUT2D eigenvalue weighted by Gasteiger charge is 2.23. The smallest absolute Gasteiger partial charge is 0.340 e. The molecule has 0 unspecified atom stereocenters. The Morgan fingerprint density at radius 2 is 2.14 bits per heavy atom. The predicted octanol–water partition coefficient (Wildman–Crippen LogP) is 2.16. The monoisotopic (exact) mass is 205 g/mol. The number of alkyl halides is 2. The van der Waals surface area contributed by atoms with Crippen LogP contribution in [0.15, 0.2) is 6.07 Å². The number of hydrogen-bond acceptors (Lipinski definition) is 2. The number of carboxylic acid groups (broad SMARTS) is 1. The normalized spacial score (nSPS) is 10.6. The molecule has 0 fully saturated rings. The third-order valence-electron chi connectivity index (χ3n) is 1.58. The summed E-state index contributed by atoms with van der Waals surface area (Å²) in [6, 6.07) is 0.858. The molecule has 0 bridgehead atoms. The summed E-state index contributed by atoms with van der Waals surface area (Å²) in [5.41, 5.74) is -1.89. The van der Waals surface area contributed by atoms with Crippen LogP contribution in [-0.2, 0) is 0 Å². The van der Waals surface area contributed by atoms with Gasteiger partial charge < -0.3 is 5.11 Å². The van der Waals surface area contributed by atoms with Gasteiger partial charge in [-0.05, 0) is 13.0 Å². The number of halogens is 3. The van der Waals surface area contributed by atoms with E-state index in [1.165, 1.54) is 6.92 Å². The number of aryl methyl sites for hydroxylation is 1. The lowest BCUT2D eigenvalue weighted by Crippen LogP contribution is -2.09. The molecule has 1 heterocycles. The Kier molecular flexibility index (Phi) is 2.73. The maximum Gasteiger partial charge on any atom is 0.340 e. The minimum absolute atomic E-state index is 0.0165. The molecule has 1 aromatic heterocycles. The zero-order valence-corrected chi connectivity index (χ0v) is 7.09. The molecular formula is C8H6F3NO2. The van der Waals surface area contributed by atoms with Gasteiger partial charge in [0.05, 0.1) is 0 Å². The summed E-state index contributed by atoms with van der Waals surface area (Å²) in [6.07, 6.45) is -3.03. The lowest BCUT2D eigenvalue weighted by Gasteiger charge is -2.06. The minimum atomic E-state index is -3.03. The Balaban J connectivity index is 3.44. The number of rotatable bonds is 2. The molecule has 0 spiro atoms. The quantitative estimate of drug-likeness (QED) is 0.752. The number of carboxylic acids is 1. The van der Waals surface area contributed by atoms with Crippen molar-refractivity contribution in [2.45, 2.75) is 13.3 Å². The highest BCUT2D eigenvalue weighted by atomic mass is 19.3.